The molecule has 1 aliphatic rings. The van der Waals surface area contributed by atoms with Crippen LogP contribution in [-0.2, 0) is 12.0 Å². The van der Waals surface area contributed by atoms with E-state index < -0.39 is 0 Å². The van der Waals surface area contributed by atoms with Gasteiger partial charge in [0.2, 0.25) is 0 Å². The Labute approximate surface area is 146 Å². The third kappa shape index (κ3) is 3.66. The highest BCUT2D eigenvalue weighted by Crippen LogP contribution is 2.33. The van der Waals surface area contributed by atoms with Crippen LogP contribution in [0, 0.1) is 5.92 Å². The SMILES string of the molecule is COc1ccccc1-c1cn(CC2CCCCC2)c(C(C)(C)C)n1. The number of ether oxygens (including phenoxy) is 1. The van der Waals surface area contributed by atoms with Crippen molar-refractivity contribution in [2.24, 2.45) is 5.92 Å². The molecule has 130 valence electrons. The highest BCUT2D eigenvalue weighted by molar-refractivity contribution is 5.66. The Balaban J connectivity index is 1.97. The van der Waals surface area contributed by atoms with Crippen LogP contribution in [-0.4, -0.2) is 16.7 Å². The van der Waals surface area contributed by atoms with Gasteiger partial charge >= 0.3 is 0 Å². The summed E-state index contributed by atoms with van der Waals surface area (Å²) in [5.74, 6) is 2.86. The summed E-state index contributed by atoms with van der Waals surface area (Å²) in [7, 11) is 1.72. The molecule has 3 rings (SSSR count). The summed E-state index contributed by atoms with van der Waals surface area (Å²) >= 11 is 0. The quantitative estimate of drug-likeness (QED) is 0.748. The summed E-state index contributed by atoms with van der Waals surface area (Å²) in [6, 6.07) is 8.16. The van der Waals surface area contributed by atoms with Crippen molar-refractivity contribution in [1.29, 1.82) is 0 Å². The van der Waals surface area contributed by atoms with Gasteiger partial charge in [0, 0.05) is 23.7 Å². The number of imidazole rings is 1. The van der Waals surface area contributed by atoms with E-state index in [-0.39, 0.29) is 5.41 Å². The maximum absolute atomic E-state index is 5.54. The van der Waals surface area contributed by atoms with E-state index in [1.807, 2.05) is 12.1 Å². The van der Waals surface area contributed by atoms with Crippen molar-refractivity contribution < 1.29 is 4.74 Å². The van der Waals surface area contributed by atoms with Crippen LogP contribution in [0.3, 0.4) is 0 Å². The van der Waals surface area contributed by atoms with Crippen LogP contribution >= 0.6 is 0 Å². The van der Waals surface area contributed by atoms with Crippen LogP contribution in [0.2, 0.25) is 0 Å². The Morgan fingerprint density at radius 3 is 2.50 bits per heavy atom. The number of hydrogen-bond donors (Lipinski definition) is 0. The molecule has 1 aliphatic carbocycles. The molecule has 1 aromatic heterocycles. The van der Waals surface area contributed by atoms with Gasteiger partial charge in [-0.1, -0.05) is 52.2 Å². The van der Waals surface area contributed by atoms with Crippen LogP contribution in [0.4, 0.5) is 0 Å². The van der Waals surface area contributed by atoms with Gasteiger partial charge in [0.05, 0.1) is 12.8 Å². The molecule has 0 amide bonds. The molecule has 3 heteroatoms. The normalized spacial score (nSPS) is 16.3. The zero-order chi connectivity index (χ0) is 17.2. The minimum atomic E-state index is 0.0366. The van der Waals surface area contributed by atoms with Crippen LogP contribution in [0.15, 0.2) is 30.5 Å². The van der Waals surface area contributed by atoms with Crippen molar-refractivity contribution in [3.63, 3.8) is 0 Å². The van der Waals surface area contributed by atoms with Crippen LogP contribution < -0.4 is 4.74 Å². The van der Waals surface area contributed by atoms with Gasteiger partial charge in [-0.3, -0.25) is 0 Å². The molecule has 0 spiro atoms. The zero-order valence-electron chi connectivity index (χ0n) is 15.5. The number of para-hydroxylation sites is 1. The first kappa shape index (κ1) is 17.1. The van der Waals surface area contributed by atoms with Gasteiger partial charge in [0.15, 0.2) is 0 Å². The zero-order valence-corrected chi connectivity index (χ0v) is 15.5. The van der Waals surface area contributed by atoms with Crippen molar-refractivity contribution in [2.45, 2.75) is 64.8 Å². The van der Waals surface area contributed by atoms with Gasteiger partial charge in [-0.2, -0.15) is 0 Å². The topological polar surface area (TPSA) is 27.1 Å². The maximum atomic E-state index is 5.54. The molecule has 0 atom stereocenters. The van der Waals surface area contributed by atoms with Gasteiger partial charge in [0.1, 0.15) is 11.6 Å². The van der Waals surface area contributed by atoms with E-state index in [2.05, 4.69) is 43.7 Å². The van der Waals surface area contributed by atoms with E-state index >= 15 is 0 Å². The summed E-state index contributed by atoms with van der Waals surface area (Å²) in [5, 5.41) is 0. The largest absolute Gasteiger partial charge is 0.496 e. The summed E-state index contributed by atoms with van der Waals surface area (Å²) in [6.45, 7) is 7.84. The number of nitrogens with zero attached hydrogens (tertiary/aromatic N) is 2. The molecule has 24 heavy (non-hydrogen) atoms. The number of rotatable bonds is 4. The van der Waals surface area contributed by atoms with E-state index in [1.54, 1.807) is 7.11 Å². The van der Waals surface area contributed by atoms with Crippen LogP contribution in [0.5, 0.6) is 5.75 Å². The van der Waals surface area contributed by atoms with E-state index in [0.29, 0.717) is 0 Å². The van der Waals surface area contributed by atoms with Gasteiger partial charge in [0.25, 0.3) is 0 Å². The van der Waals surface area contributed by atoms with Crippen molar-refractivity contribution in [3.8, 4) is 17.0 Å². The number of hydrogen-bond acceptors (Lipinski definition) is 2. The molecular weight excluding hydrogens is 296 g/mol. The Morgan fingerprint density at radius 1 is 1.12 bits per heavy atom. The third-order valence-corrected chi connectivity index (χ3v) is 5.01. The van der Waals surface area contributed by atoms with Gasteiger partial charge in [-0.25, -0.2) is 4.98 Å². The second-order valence-corrected chi connectivity index (χ2v) is 8.06. The second-order valence-electron chi connectivity index (χ2n) is 8.06. The molecule has 0 bridgehead atoms. The lowest BCUT2D eigenvalue weighted by Gasteiger charge is -2.25. The van der Waals surface area contributed by atoms with Crippen molar-refractivity contribution >= 4 is 0 Å². The Morgan fingerprint density at radius 2 is 1.83 bits per heavy atom. The van der Waals surface area contributed by atoms with E-state index in [9.17, 15) is 0 Å². The minimum Gasteiger partial charge on any atom is -0.496 e. The van der Waals surface area contributed by atoms with Gasteiger partial charge < -0.3 is 9.30 Å². The molecule has 1 fully saturated rings. The molecule has 0 saturated heterocycles. The van der Waals surface area contributed by atoms with Crippen molar-refractivity contribution in [2.75, 3.05) is 7.11 Å². The highest BCUT2D eigenvalue weighted by Gasteiger charge is 2.25. The summed E-state index contributed by atoms with van der Waals surface area (Å²) in [6.07, 6.45) is 9.09. The van der Waals surface area contributed by atoms with Crippen molar-refractivity contribution in [3.05, 3.63) is 36.3 Å². The molecule has 1 saturated carbocycles. The summed E-state index contributed by atoms with van der Waals surface area (Å²) in [4.78, 5) is 5.01. The minimum absolute atomic E-state index is 0.0366. The molecule has 1 aromatic carbocycles. The molecule has 0 unspecified atom stereocenters. The van der Waals surface area contributed by atoms with Crippen LogP contribution in [0.25, 0.3) is 11.3 Å². The lowest BCUT2D eigenvalue weighted by Crippen LogP contribution is -2.22. The first-order valence-electron chi connectivity index (χ1n) is 9.20. The standard InChI is InChI=1S/C21H30N2O/c1-21(2,3)20-22-18(17-12-8-9-13-19(17)24-4)15-23(20)14-16-10-6-5-7-11-16/h8-9,12-13,15-16H,5-7,10-11,14H2,1-4H3. The van der Waals surface area contributed by atoms with Gasteiger partial charge in [-0.05, 0) is 30.9 Å². The van der Waals surface area contributed by atoms with Gasteiger partial charge in [-0.15, -0.1) is 0 Å². The Bertz CT molecular complexity index is 675. The molecule has 0 radical (unpaired) electrons. The average Bonchev–Trinajstić information content (AvgIpc) is 2.99. The maximum Gasteiger partial charge on any atom is 0.128 e. The fourth-order valence-electron chi connectivity index (χ4n) is 3.79. The predicted molar refractivity (Wildman–Crippen MR) is 99.5 cm³/mol. The Kier molecular flexibility index (Phi) is 4.98. The highest BCUT2D eigenvalue weighted by atomic mass is 16.5. The molecule has 0 N–H and O–H groups in total. The third-order valence-electron chi connectivity index (χ3n) is 5.01. The molecule has 3 nitrogen and oxygen atoms in total. The fraction of sp³-hybridized carbons (Fsp3) is 0.571. The lowest BCUT2D eigenvalue weighted by molar-refractivity contribution is 0.309. The molecule has 2 aromatic rings. The van der Waals surface area contributed by atoms with Crippen molar-refractivity contribution in [1.82, 2.24) is 9.55 Å². The number of aromatic nitrogens is 2. The average molecular weight is 326 g/mol. The summed E-state index contributed by atoms with van der Waals surface area (Å²) in [5.41, 5.74) is 2.13. The lowest BCUT2D eigenvalue weighted by atomic mass is 9.88. The summed E-state index contributed by atoms with van der Waals surface area (Å²) < 4.78 is 7.94. The monoisotopic (exact) mass is 326 g/mol. The first-order chi connectivity index (χ1) is 11.5. The smallest absolute Gasteiger partial charge is 0.128 e. The van der Waals surface area contributed by atoms with E-state index in [0.717, 1.165) is 29.5 Å². The molecule has 1 heterocycles. The second kappa shape index (κ2) is 7.00. The van der Waals surface area contributed by atoms with Crippen LogP contribution in [0.1, 0.15) is 58.7 Å². The van der Waals surface area contributed by atoms with E-state index in [1.165, 1.54) is 37.9 Å². The predicted octanol–water partition coefficient (Wildman–Crippen LogP) is 5.44. The Hall–Kier alpha value is -1.77. The number of methoxy groups -OCH3 is 1. The van der Waals surface area contributed by atoms with E-state index in [4.69, 9.17) is 9.72 Å². The number of benzene rings is 1. The fourth-order valence-corrected chi connectivity index (χ4v) is 3.79. The first-order valence-corrected chi connectivity index (χ1v) is 9.20. The molecule has 0 aliphatic heterocycles. The molecular formula is C21H30N2O.